The maximum Gasteiger partial charge on any atom is 0.422 e. The van der Waals surface area contributed by atoms with E-state index in [9.17, 15) is 18.0 Å². The summed E-state index contributed by atoms with van der Waals surface area (Å²) in [4.78, 5) is 28.5. The molecule has 1 aliphatic rings. The van der Waals surface area contributed by atoms with Gasteiger partial charge in [0, 0.05) is 30.6 Å². The molecule has 37 heavy (non-hydrogen) atoms. The van der Waals surface area contributed by atoms with Crippen molar-refractivity contribution in [2.75, 3.05) is 6.61 Å². The van der Waals surface area contributed by atoms with Crippen LogP contribution in [0, 0.1) is 0 Å². The second kappa shape index (κ2) is 8.87. The van der Waals surface area contributed by atoms with Gasteiger partial charge in [-0.3, -0.25) is 4.57 Å². The summed E-state index contributed by atoms with van der Waals surface area (Å²) in [6.07, 6.45) is 3.53. The third-order valence-corrected chi connectivity index (χ3v) is 6.50. The summed E-state index contributed by atoms with van der Waals surface area (Å²) in [6.45, 7) is -1.49. The Kier molecular flexibility index (Phi) is 5.50. The van der Waals surface area contributed by atoms with E-state index in [2.05, 4.69) is 25.0 Å². The van der Waals surface area contributed by atoms with Crippen LogP contribution in [0.15, 0.2) is 72.0 Å². The zero-order chi connectivity index (χ0) is 25.6. The van der Waals surface area contributed by atoms with Crippen LogP contribution in [0.4, 0.5) is 13.2 Å². The van der Waals surface area contributed by atoms with Gasteiger partial charge < -0.3 is 9.72 Å². The van der Waals surface area contributed by atoms with Gasteiger partial charge in [-0.2, -0.15) is 18.3 Å². The van der Waals surface area contributed by atoms with Crippen molar-refractivity contribution in [3.63, 3.8) is 0 Å². The molecule has 1 N–H and O–H groups in total. The van der Waals surface area contributed by atoms with Gasteiger partial charge in [0.15, 0.2) is 18.1 Å². The Balaban J connectivity index is 1.33. The Labute approximate surface area is 207 Å². The van der Waals surface area contributed by atoms with Crippen molar-refractivity contribution >= 4 is 11.2 Å². The molecule has 0 amide bonds. The largest absolute Gasteiger partial charge is 0.467 e. The van der Waals surface area contributed by atoms with Gasteiger partial charge >= 0.3 is 11.9 Å². The highest BCUT2D eigenvalue weighted by Crippen LogP contribution is 2.46. The van der Waals surface area contributed by atoms with Gasteiger partial charge in [0.2, 0.25) is 5.88 Å². The molecule has 0 bridgehead atoms. The lowest BCUT2D eigenvalue weighted by atomic mass is 9.75. The summed E-state index contributed by atoms with van der Waals surface area (Å²) < 4.78 is 46.4. The fourth-order valence-corrected chi connectivity index (χ4v) is 4.66. The van der Waals surface area contributed by atoms with Crippen LogP contribution >= 0.6 is 0 Å². The average Bonchev–Trinajstić information content (AvgIpc) is 3.51. The monoisotopic (exact) mass is 507 g/mol. The van der Waals surface area contributed by atoms with Gasteiger partial charge in [-0.15, -0.1) is 0 Å². The van der Waals surface area contributed by atoms with Crippen LogP contribution in [-0.4, -0.2) is 47.1 Å². The number of imidazole rings is 1. The lowest BCUT2D eigenvalue weighted by Gasteiger charge is -2.37. The summed E-state index contributed by atoms with van der Waals surface area (Å²) in [5.74, 6) is -0.0155. The van der Waals surface area contributed by atoms with Gasteiger partial charge in [0.1, 0.15) is 5.52 Å². The molecule has 4 heterocycles. The van der Waals surface area contributed by atoms with Crippen molar-refractivity contribution in [3.05, 3.63) is 83.3 Å². The van der Waals surface area contributed by atoms with Gasteiger partial charge in [0.05, 0.1) is 17.4 Å². The Hall–Kier alpha value is -4.48. The normalized spacial score (nSPS) is 17.6. The van der Waals surface area contributed by atoms with E-state index in [0.717, 1.165) is 24.1 Å². The number of rotatable bonds is 6. The number of halogens is 3. The molecule has 0 unspecified atom stereocenters. The van der Waals surface area contributed by atoms with Gasteiger partial charge in [-0.25, -0.2) is 24.4 Å². The van der Waals surface area contributed by atoms with Crippen molar-refractivity contribution < 1.29 is 17.9 Å². The Morgan fingerprint density at radius 2 is 1.89 bits per heavy atom. The molecule has 1 aliphatic carbocycles. The van der Waals surface area contributed by atoms with Crippen LogP contribution < -0.4 is 10.4 Å². The second-order valence-electron chi connectivity index (χ2n) is 8.78. The van der Waals surface area contributed by atoms with Crippen LogP contribution in [0.1, 0.15) is 30.4 Å². The Morgan fingerprint density at radius 3 is 2.59 bits per heavy atom. The van der Waals surface area contributed by atoms with E-state index in [1.54, 1.807) is 21.5 Å². The van der Waals surface area contributed by atoms with E-state index < -0.39 is 12.8 Å². The first-order valence-electron chi connectivity index (χ1n) is 11.6. The van der Waals surface area contributed by atoms with Gasteiger partial charge in [-0.1, -0.05) is 12.1 Å². The summed E-state index contributed by atoms with van der Waals surface area (Å²) in [7, 11) is 0. The molecule has 1 aromatic carbocycles. The first-order chi connectivity index (χ1) is 17.9. The molecule has 4 aromatic heterocycles. The highest BCUT2D eigenvalue weighted by Gasteiger charge is 2.36. The van der Waals surface area contributed by atoms with Crippen LogP contribution in [-0.2, 0) is 0 Å². The van der Waals surface area contributed by atoms with Crippen LogP contribution in [0.5, 0.6) is 5.88 Å². The predicted octanol–water partition coefficient (Wildman–Crippen LogP) is 4.43. The summed E-state index contributed by atoms with van der Waals surface area (Å²) >= 11 is 0. The SMILES string of the molecule is O=c1[nH]c2cnc(-c3cccnc3OCC(F)(F)F)nc2n1[C@@H]1CC[C@H]1c1ccc(-n2cccn2)cc1. The molecule has 1 fully saturated rings. The third kappa shape index (κ3) is 4.34. The van der Waals surface area contributed by atoms with E-state index in [0.29, 0.717) is 11.2 Å². The number of alkyl halides is 3. The van der Waals surface area contributed by atoms with E-state index >= 15 is 0 Å². The molecular weight excluding hydrogens is 487 g/mol. The molecule has 0 saturated heterocycles. The number of H-pyrrole nitrogens is 1. The fourth-order valence-electron chi connectivity index (χ4n) is 4.66. The number of nitrogens with one attached hydrogen (secondary N) is 1. The standard InChI is InChI=1S/C25H20F3N7O2/c26-25(27,28)14-37-23-18(3-1-10-29-23)21-30-13-19-22(33-21)35(24(36)32-19)20-9-8-17(20)15-4-6-16(7-5-15)34-12-2-11-31-34/h1-7,10-13,17,20H,8-9,14H2,(H,32,36)/t17-,20+/m0/s1. The van der Waals surface area contributed by atoms with Gasteiger partial charge in [-0.05, 0) is 48.7 Å². The first-order valence-corrected chi connectivity index (χ1v) is 11.6. The predicted molar refractivity (Wildman–Crippen MR) is 128 cm³/mol. The van der Waals surface area contributed by atoms with Crippen molar-refractivity contribution in [1.82, 2.24) is 34.3 Å². The number of nitrogens with zero attached hydrogens (tertiary/aromatic N) is 6. The van der Waals surface area contributed by atoms with Crippen LogP contribution in [0.2, 0.25) is 0 Å². The molecule has 9 nitrogen and oxygen atoms in total. The molecule has 0 spiro atoms. The number of pyridine rings is 1. The Bertz CT molecular complexity index is 1610. The fraction of sp³-hybridized carbons (Fsp3) is 0.240. The molecule has 6 rings (SSSR count). The van der Waals surface area contributed by atoms with Crippen molar-refractivity contribution in [3.8, 4) is 23.0 Å². The van der Waals surface area contributed by atoms with Crippen molar-refractivity contribution in [2.45, 2.75) is 31.0 Å². The zero-order valence-electron chi connectivity index (χ0n) is 19.3. The maximum absolute atomic E-state index is 13.0. The lowest BCUT2D eigenvalue weighted by Crippen LogP contribution is -2.33. The molecule has 5 aromatic rings. The van der Waals surface area contributed by atoms with Crippen LogP contribution in [0.3, 0.4) is 0 Å². The van der Waals surface area contributed by atoms with E-state index in [4.69, 9.17) is 4.74 Å². The molecule has 2 atom stereocenters. The zero-order valence-corrected chi connectivity index (χ0v) is 19.3. The minimum absolute atomic E-state index is 0.103. The number of aromatic amines is 1. The smallest absolute Gasteiger partial charge is 0.422 e. The Morgan fingerprint density at radius 1 is 1.05 bits per heavy atom. The summed E-state index contributed by atoms with van der Waals surface area (Å²) in [5.41, 5.74) is 2.74. The topological polar surface area (TPSA) is 104 Å². The highest BCUT2D eigenvalue weighted by molar-refractivity contribution is 5.74. The lowest BCUT2D eigenvalue weighted by molar-refractivity contribution is -0.154. The quantitative estimate of drug-likeness (QED) is 0.365. The van der Waals surface area contributed by atoms with Crippen LogP contribution in [0.25, 0.3) is 28.2 Å². The number of fused-ring (bicyclic) bond motifs is 1. The van der Waals surface area contributed by atoms with E-state index in [1.807, 2.05) is 36.5 Å². The van der Waals surface area contributed by atoms with Gasteiger partial charge in [0.25, 0.3) is 0 Å². The molecule has 1 saturated carbocycles. The first kappa shape index (κ1) is 23.0. The van der Waals surface area contributed by atoms with E-state index in [-0.39, 0.29) is 34.9 Å². The second-order valence-corrected chi connectivity index (χ2v) is 8.78. The number of ether oxygens (including phenoxy) is 1. The minimum Gasteiger partial charge on any atom is -0.467 e. The number of aromatic nitrogens is 7. The summed E-state index contributed by atoms with van der Waals surface area (Å²) in [5, 5.41) is 4.24. The average molecular weight is 507 g/mol. The maximum atomic E-state index is 13.0. The summed E-state index contributed by atoms with van der Waals surface area (Å²) in [6, 6.07) is 12.9. The minimum atomic E-state index is -4.52. The number of benzene rings is 1. The molecular formula is C25H20F3N7O2. The highest BCUT2D eigenvalue weighted by atomic mass is 19.4. The van der Waals surface area contributed by atoms with Crippen molar-refractivity contribution in [1.29, 1.82) is 0 Å². The van der Waals surface area contributed by atoms with Crippen molar-refractivity contribution in [2.24, 2.45) is 0 Å². The molecule has 188 valence electrons. The molecule has 12 heteroatoms. The third-order valence-electron chi connectivity index (χ3n) is 6.50. The van der Waals surface area contributed by atoms with E-state index in [1.165, 1.54) is 18.5 Å². The molecule has 0 radical (unpaired) electrons. The number of hydrogen-bond acceptors (Lipinski definition) is 6. The molecule has 0 aliphatic heterocycles. The number of hydrogen-bond donors (Lipinski definition) is 1.